The van der Waals surface area contributed by atoms with Gasteiger partial charge >= 0.3 is 23.9 Å². The van der Waals surface area contributed by atoms with Gasteiger partial charge in [0.15, 0.2) is 5.60 Å². The first-order valence-electron chi connectivity index (χ1n) is 16.6. The Hall–Kier alpha value is -6.75. The molecular weight excluding hydrogens is 662 g/mol. The normalized spacial score (nSPS) is 12.4. The Morgan fingerprint density at radius 2 is 1.10 bits per heavy atom. The number of benzene rings is 5. The molecule has 0 spiro atoms. The van der Waals surface area contributed by atoms with Gasteiger partial charge in [-0.2, -0.15) is 0 Å². The number of hydrazine groups is 1. The number of nitrogens with one attached hydrogen (secondary N) is 3. The molecule has 11 heteroatoms. The summed E-state index contributed by atoms with van der Waals surface area (Å²) in [7, 11) is 0. The molecule has 1 aliphatic carbocycles. The van der Waals surface area contributed by atoms with Gasteiger partial charge in [-0.05, 0) is 28.7 Å². The first kappa shape index (κ1) is 35.1. The maximum Gasteiger partial charge on any atom is 0.426 e. The molecule has 1 aliphatic rings. The van der Waals surface area contributed by atoms with Crippen LogP contribution in [0.2, 0.25) is 0 Å². The van der Waals surface area contributed by atoms with E-state index < -0.39 is 47.9 Å². The number of carboxylic acids is 1. The highest BCUT2D eigenvalue weighted by Gasteiger charge is 2.40. The number of hydrogen-bond donors (Lipinski definition) is 4. The number of fused-ring (bicyclic) bond motifs is 3. The Labute approximate surface area is 299 Å². The molecule has 4 N–H and O–H groups in total. The fraction of sp³-hybridized carbons (Fsp3) is 0.146. The monoisotopic (exact) mass is 697 g/mol. The molecule has 11 nitrogen and oxygen atoms in total. The molecule has 0 aliphatic heterocycles. The van der Waals surface area contributed by atoms with Crippen molar-refractivity contribution in [3.63, 3.8) is 0 Å². The first-order valence-corrected chi connectivity index (χ1v) is 16.6. The van der Waals surface area contributed by atoms with Crippen LogP contribution in [0.25, 0.3) is 11.1 Å². The van der Waals surface area contributed by atoms with Gasteiger partial charge in [0.2, 0.25) is 0 Å². The van der Waals surface area contributed by atoms with Gasteiger partial charge in [0, 0.05) is 29.0 Å². The summed E-state index contributed by atoms with van der Waals surface area (Å²) < 4.78 is 11.8. The Balaban J connectivity index is 1.14. The van der Waals surface area contributed by atoms with E-state index in [1.54, 1.807) is 0 Å². The Morgan fingerprint density at radius 3 is 1.58 bits per heavy atom. The number of aliphatic carboxylic acids is 1. The van der Waals surface area contributed by atoms with Crippen LogP contribution in [0.1, 0.15) is 46.6 Å². The average molecular weight is 698 g/mol. The van der Waals surface area contributed by atoms with Crippen LogP contribution in [0, 0.1) is 0 Å². The second-order valence-electron chi connectivity index (χ2n) is 12.1. The molecule has 52 heavy (non-hydrogen) atoms. The lowest BCUT2D eigenvalue weighted by atomic mass is 9.80. The van der Waals surface area contributed by atoms with Crippen molar-refractivity contribution in [2.24, 2.45) is 0 Å². The van der Waals surface area contributed by atoms with Crippen LogP contribution in [0.5, 0.6) is 0 Å². The van der Waals surface area contributed by atoms with Crippen LogP contribution in [0.3, 0.4) is 0 Å². The van der Waals surface area contributed by atoms with Crippen LogP contribution in [0.4, 0.5) is 4.79 Å². The van der Waals surface area contributed by atoms with Crippen molar-refractivity contribution in [2.75, 3.05) is 6.61 Å². The van der Waals surface area contributed by atoms with Crippen molar-refractivity contribution in [1.82, 2.24) is 16.2 Å². The molecule has 1 atom stereocenters. The van der Waals surface area contributed by atoms with Crippen LogP contribution in [-0.4, -0.2) is 47.6 Å². The second kappa shape index (κ2) is 15.9. The lowest BCUT2D eigenvalue weighted by Gasteiger charge is -2.35. The van der Waals surface area contributed by atoms with E-state index in [1.165, 1.54) is 0 Å². The van der Waals surface area contributed by atoms with Gasteiger partial charge in [0.25, 0.3) is 5.91 Å². The van der Waals surface area contributed by atoms with Crippen molar-refractivity contribution in [2.45, 2.75) is 30.4 Å². The highest BCUT2D eigenvalue weighted by molar-refractivity contribution is 6.32. The van der Waals surface area contributed by atoms with Crippen molar-refractivity contribution < 1.29 is 38.6 Å². The number of carbonyl (C=O) groups is 5. The zero-order chi connectivity index (χ0) is 36.5. The van der Waals surface area contributed by atoms with E-state index in [4.69, 9.17) is 9.47 Å². The van der Waals surface area contributed by atoms with E-state index in [1.807, 2.05) is 140 Å². The summed E-state index contributed by atoms with van der Waals surface area (Å²) in [4.78, 5) is 63.2. The minimum Gasteiger partial charge on any atom is -0.474 e. The summed E-state index contributed by atoms with van der Waals surface area (Å²) in [5.74, 6) is -5.24. The average Bonchev–Trinajstić information content (AvgIpc) is 3.51. The molecular formula is C41H35N3O8. The summed E-state index contributed by atoms with van der Waals surface area (Å²) in [5.41, 5.74) is 9.03. The molecule has 0 heterocycles. The third-order valence-electron chi connectivity index (χ3n) is 8.89. The quantitative estimate of drug-likeness (QED) is 0.0615. The van der Waals surface area contributed by atoms with Gasteiger partial charge in [-0.15, -0.1) is 0 Å². The standard InChI is InChI=1S/C41H35N3O8/c45-36(52-41(27-14-4-1-5-15-27,28-16-6-2-7-17-28)29-18-8-3-9-19-29)25-24-35(42-38(47)39(48)49)37(46)43-44-40(50)51-26-34-32-22-12-10-20-30(32)31-21-11-13-23-33(31)34/h1-23,34-35H,24-26H2,(H,42,47)(H,43,46)(H,44,50)(H,48,49)/t35-/m1/s1. The summed E-state index contributed by atoms with van der Waals surface area (Å²) in [6, 6.07) is 41.6. The van der Waals surface area contributed by atoms with Gasteiger partial charge < -0.3 is 19.9 Å². The summed E-state index contributed by atoms with van der Waals surface area (Å²) in [6.07, 6.45) is -1.74. The van der Waals surface area contributed by atoms with E-state index in [0.29, 0.717) is 16.7 Å². The zero-order valence-corrected chi connectivity index (χ0v) is 27.9. The molecule has 0 saturated heterocycles. The molecule has 6 rings (SSSR count). The van der Waals surface area contributed by atoms with Crippen LogP contribution >= 0.6 is 0 Å². The van der Waals surface area contributed by atoms with Crippen LogP contribution in [-0.2, 0) is 34.3 Å². The zero-order valence-electron chi connectivity index (χ0n) is 27.9. The molecule has 0 radical (unpaired) electrons. The number of ether oxygens (including phenoxy) is 2. The minimum absolute atomic E-state index is 0.0211. The number of amides is 3. The third kappa shape index (κ3) is 7.53. The SMILES string of the molecule is O=C(CC[C@@H](NC(=O)C(=O)O)C(=O)NNC(=O)OCC1c2ccccc2-c2ccccc21)OC(c1ccccc1)(c1ccccc1)c1ccccc1. The van der Waals surface area contributed by atoms with Gasteiger partial charge in [0.1, 0.15) is 12.6 Å². The molecule has 0 aromatic heterocycles. The van der Waals surface area contributed by atoms with Crippen LogP contribution < -0.4 is 16.2 Å². The highest BCUT2D eigenvalue weighted by atomic mass is 16.6. The van der Waals surface area contributed by atoms with E-state index in [-0.39, 0.29) is 18.9 Å². The smallest absolute Gasteiger partial charge is 0.426 e. The molecule has 0 saturated carbocycles. The maximum atomic E-state index is 13.7. The number of rotatable bonds is 11. The third-order valence-corrected chi connectivity index (χ3v) is 8.89. The van der Waals surface area contributed by atoms with Crippen molar-refractivity contribution in [3.8, 4) is 11.1 Å². The molecule has 262 valence electrons. The predicted octanol–water partition coefficient (Wildman–Crippen LogP) is 5.44. The number of carbonyl (C=O) groups excluding carboxylic acids is 4. The predicted molar refractivity (Wildman–Crippen MR) is 190 cm³/mol. The lowest BCUT2D eigenvalue weighted by molar-refractivity contribution is -0.154. The van der Waals surface area contributed by atoms with Crippen molar-refractivity contribution in [1.29, 1.82) is 0 Å². The molecule has 0 unspecified atom stereocenters. The van der Waals surface area contributed by atoms with Gasteiger partial charge in [-0.3, -0.25) is 19.8 Å². The summed E-state index contributed by atoms with van der Waals surface area (Å²) in [5, 5.41) is 11.3. The van der Waals surface area contributed by atoms with E-state index in [2.05, 4.69) is 16.2 Å². The first-order chi connectivity index (χ1) is 25.3. The molecule has 5 aromatic rings. The second-order valence-corrected chi connectivity index (χ2v) is 12.1. The number of hydrogen-bond acceptors (Lipinski definition) is 7. The lowest BCUT2D eigenvalue weighted by Crippen LogP contribution is -2.53. The summed E-state index contributed by atoms with van der Waals surface area (Å²) in [6.45, 7) is -0.0211. The van der Waals surface area contributed by atoms with Gasteiger partial charge in [-0.25, -0.2) is 15.0 Å². The maximum absolute atomic E-state index is 13.7. The molecule has 5 aromatic carbocycles. The number of carboxylic acid groups (broad SMARTS) is 1. The Morgan fingerprint density at radius 1 is 0.635 bits per heavy atom. The molecule has 0 fully saturated rings. The van der Waals surface area contributed by atoms with Crippen molar-refractivity contribution >= 4 is 29.8 Å². The molecule has 0 bridgehead atoms. The largest absolute Gasteiger partial charge is 0.474 e. The topological polar surface area (TPSA) is 160 Å². The Kier molecular flexibility index (Phi) is 10.7. The molecule has 3 amide bonds. The van der Waals surface area contributed by atoms with E-state index >= 15 is 0 Å². The fourth-order valence-corrected chi connectivity index (χ4v) is 6.50. The van der Waals surface area contributed by atoms with Gasteiger partial charge in [0.05, 0.1) is 0 Å². The van der Waals surface area contributed by atoms with E-state index in [0.717, 1.165) is 22.3 Å². The van der Waals surface area contributed by atoms with Crippen LogP contribution in [0.15, 0.2) is 140 Å². The van der Waals surface area contributed by atoms with E-state index in [9.17, 15) is 29.1 Å². The fourth-order valence-electron chi connectivity index (χ4n) is 6.50. The highest BCUT2D eigenvalue weighted by Crippen LogP contribution is 2.44. The van der Waals surface area contributed by atoms with Crippen molar-refractivity contribution in [3.05, 3.63) is 167 Å². The summed E-state index contributed by atoms with van der Waals surface area (Å²) >= 11 is 0. The minimum atomic E-state index is -1.83. The Bertz CT molecular complexity index is 1930. The number of esters is 1. The van der Waals surface area contributed by atoms with Gasteiger partial charge in [-0.1, -0.05) is 140 Å².